The second-order valence-electron chi connectivity index (χ2n) is 5.21. The molecule has 3 heteroatoms. The Balaban J connectivity index is 2.62. The summed E-state index contributed by atoms with van der Waals surface area (Å²) in [5, 5.41) is 3.00. The number of hydrogen-bond donors (Lipinski definition) is 1. The van der Waals surface area contributed by atoms with Crippen LogP contribution in [0.4, 0.5) is 11.4 Å². The number of benzene rings is 1. The van der Waals surface area contributed by atoms with Gasteiger partial charge in [-0.1, -0.05) is 0 Å². The Labute approximate surface area is 103 Å². The largest absolute Gasteiger partial charge is 0.356 e. The van der Waals surface area contributed by atoms with E-state index in [2.05, 4.69) is 43.1 Å². The fraction of sp³-hybridized carbons (Fsp3) is 0.500. The molecule has 0 saturated heterocycles. The van der Waals surface area contributed by atoms with Crippen LogP contribution in [-0.4, -0.2) is 18.0 Å². The van der Waals surface area contributed by atoms with Crippen LogP contribution in [0.1, 0.15) is 31.9 Å². The Morgan fingerprint density at radius 2 is 1.82 bits per heavy atom. The van der Waals surface area contributed by atoms with Crippen molar-refractivity contribution < 1.29 is 4.79 Å². The summed E-state index contributed by atoms with van der Waals surface area (Å²) in [5.41, 5.74) is 4.04. The Hall–Kier alpha value is -1.51. The third-order valence-corrected chi connectivity index (χ3v) is 3.70. The molecule has 0 saturated carbocycles. The Bertz CT molecular complexity index is 477. The Morgan fingerprint density at radius 3 is 2.41 bits per heavy atom. The van der Waals surface area contributed by atoms with Gasteiger partial charge in [-0.2, -0.15) is 0 Å². The first kappa shape index (κ1) is 12.0. The van der Waals surface area contributed by atoms with Crippen LogP contribution >= 0.6 is 0 Å². The summed E-state index contributed by atoms with van der Waals surface area (Å²) in [6.45, 7) is 11.0. The number of rotatable bonds is 1. The molecule has 0 aromatic heterocycles. The molecule has 0 radical (unpaired) electrons. The van der Waals surface area contributed by atoms with Gasteiger partial charge in [-0.3, -0.25) is 4.79 Å². The number of hydrogen-bond acceptors (Lipinski definition) is 2. The predicted molar refractivity (Wildman–Crippen MR) is 71.6 cm³/mol. The maximum absolute atomic E-state index is 12.1. The highest BCUT2D eigenvalue weighted by Gasteiger charge is 2.39. The van der Waals surface area contributed by atoms with Gasteiger partial charge in [0, 0.05) is 6.54 Å². The molecule has 0 unspecified atom stereocenters. The molecular formula is C14H20N2O. The molecule has 1 aromatic rings. The lowest BCUT2D eigenvalue weighted by Gasteiger charge is -2.43. The SMILES string of the molecule is CCN1c2cc(C)c(C)cc2NC(=O)C1(C)C. The van der Waals surface area contributed by atoms with Crippen molar-refractivity contribution in [1.29, 1.82) is 0 Å². The third-order valence-electron chi connectivity index (χ3n) is 3.70. The number of carbonyl (C=O) groups is 1. The minimum atomic E-state index is -0.483. The highest BCUT2D eigenvalue weighted by atomic mass is 16.2. The van der Waals surface area contributed by atoms with Gasteiger partial charge in [0.1, 0.15) is 5.54 Å². The average Bonchev–Trinajstić information content (AvgIpc) is 2.23. The maximum Gasteiger partial charge on any atom is 0.249 e. The molecular weight excluding hydrogens is 212 g/mol. The van der Waals surface area contributed by atoms with Crippen LogP contribution in [0, 0.1) is 13.8 Å². The molecule has 1 aliphatic heterocycles. The fourth-order valence-corrected chi connectivity index (χ4v) is 2.39. The maximum atomic E-state index is 12.1. The normalized spacial score (nSPS) is 17.7. The summed E-state index contributed by atoms with van der Waals surface area (Å²) < 4.78 is 0. The van der Waals surface area contributed by atoms with Gasteiger partial charge < -0.3 is 10.2 Å². The van der Waals surface area contributed by atoms with Crippen molar-refractivity contribution in [2.75, 3.05) is 16.8 Å². The molecule has 0 aliphatic carbocycles. The lowest BCUT2D eigenvalue weighted by molar-refractivity contribution is -0.120. The van der Waals surface area contributed by atoms with Crippen LogP contribution in [0.5, 0.6) is 0 Å². The average molecular weight is 232 g/mol. The van der Waals surface area contributed by atoms with Crippen LogP contribution in [0.15, 0.2) is 12.1 Å². The Kier molecular flexibility index (Phi) is 2.64. The van der Waals surface area contributed by atoms with Crippen LogP contribution in [0.2, 0.25) is 0 Å². The number of fused-ring (bicyclic) bond motifs is 1. The molecule has 1 aromatic carbocycles. The van der Waals surface area contributed by atoms with Crippen molar-refractivity contribution in [2.45, 2.75) is 40.2 Å². The summed E-state index contributed by atoms with van der Waals surface area (Å²) >= 11 is 0. The number of aryl methyl sites for hydroxylation is 2. The lowest BCUT2D eigenvalue weighted by Crippen LogP contribution is -2.56. The first-order valence-electron chi connectivity index (χ1n) is 6.08. The standard InChI is InChI=1S/C14H20N2O/c1-6-16-12-8-10(3)9(2)7-11(12)15-13(17)14(16,4)5/h7-8H,6H2,1-5H3,(H,15,17). The number of nitrogens with zero attached hydrogens (tertiary/aromatic N) is 1. The highest BCUT2D eigenvalue weighted by molar-refractivity contribution is 6.06. The van der Waals surface area contributed by atoms with Crippen LogP contribution in [-0.2, 0) is 4.79 Å². The molecule has 0 fully saturated rings. The molecule has 17 heavy (non-hydrogen) atoms. The topological polar surface area (TPSA) is 32.3 Å². The third kappa shape index (κ3) is 1.70. The van der Waals surface area contributed by atoms with E-state index >= 15 is 0 Å². The molecule has 1 N–H and O–H groups in total. The van der Waals surface area contributed by atoms with E-state index in [1.807, 2.05) is 13.8 Å². The van der Waals surface area contributed by atoms with Gasteiger partial charge in [-0.15, -0.1) is 0 Å². The molecule has 0 spiro atoms. The summed E-state index contributed by atoms with van der Waals surface area (Å²) in [4.78, 5) is 14.3. The zero-order valence-electron chi connectivity index (χ0n) is 11.2. The summed E-state index contributed by atoms with van der Waals surface area (Å²) in [6.07, 6.45) is 0. The van der Waals surface area contributed by atoms with E-state index in [1.165, 1.54) is 11.1 Å². The van der Waals surface area contributed by atoms with Crippen molar-refractivity contribution in [3.63, 3.8) is 0 Å². The van der Waals surface area contributed by atoms with Crippen molar-refractivity contribution in [1.82, 2.24) is 0 Å². The van der Waals surface area contributed by atoms with Crippen molar-refractivity contribution in [3.05, 3.63) is 23.3 Å². The predicted octanol–water partition coefficient (Wildman–Crippen LogP) is 2.86. The quantitative estimate of drug-likeness (QED) is 0.807. The minimum Gasteiger partial charge on any atom is -0.356 e. The van der Waals surface area contributed by atoms with E-state index in [-0.39, 0.29) is 5.91 Å². The van der Waals surface area contributed by atoms with E-state index < -0.39 is 5.54 Å². The second kappa shape index (κ2) is 3.76. The fourth-order valence-electron chi connectivity index (χ4n) is 2.39. The van der Waals surface area contributed by atoms with E-state index in [0.29, 0.717) is 0 Å². The van der Waals surface area contributed by atoms with Crippen LogP contribution in [0.25, 0.3) is 0 Å². The van der Waals surface area contributed by atoms with Crippen molar-refractivity contribution in [2.24, 2.45) is 0 Å². The van der Waals surface area contributed by atoms with Gasteiger partial charge >= 0.3 is 0 Å². The summed E-state index contributed by atoms with van der Waals surface area (Å²) in [6, 6.07) is 4.22. The molecule has 92 valence electrons. The van der Waals surface area contributed by atoms with Crippen molar-refractivity contribution in [3.8, 4) is 0 Å². The first-order chi connectivity index (χ1) is 7.87. The summed E-state index contributed by atoms with van der Waals surface area (Å²) in [7, 11) is 0. The lowest BCUT2D eigenvalue weighted by atomic mass is 9.94. The van der Waals surface area contributed by atoms with E-state index in [1.54, 1.807) is 0 Å². The number of carbonyl (C=O) groups excluding carboxylic acids is 1. The van der Waals surface area contributed by atoms with Gasteiger partial charge in [0.2, 0.25) is 5.91 Å². The number of amides is 1. The van der Waals surface area contributed by atoms with Gasteiger partial charge in [-0.25, -0.2) is 0 Å². The molecule has 1 amide bonds. The van der Waals surface area contributed by atoms with Crippen LogP contribution in [0.3, 0.4) is 0 Å². The number of likely N-dealkylation sites (N-methyl/N-ethyl adjacent to an activating group) is 1. The summed E-state index contributed by atoms with van der Waals surface area (Å²) in [5.74, 6) is 0.0649. The van der Waals surface area contributed by atoms with E-state index in [9.17, 15) is 4.79 Å². The second-order valence-corrected chi connectivity index (χ2v) is 5.21. The van der Waals surface area contributed by atoms with Gasteiger partial charge in [-0.05, 0) is 57.9 Å². The smallest absolute Gasteiger partial charge is 0.249 e. The number of nitrogens with one attached hydrogen (secondary N) is 1. The molecule has 2 rings (SSSR count). The number of anilines is 2. The monoisotopic (exact) mass is 232 g/mol. The van der Waals surface area contributed by atoms with E-state index in [4.69, 9.17) is 0 Å². The minimum absolute atomic E-state index is 0.0649. The molecule has 3 nitrogen and oxygen atoms in total. The molecule has 0 bridgehead atoms. The Morgan fingerprint density at radius 1 is 1.24 bits per heavy atom. The van der Waals surface area contributed by atoms with Gasteiger partial charge in [0.25, 0.3) is 0 Å². The highest BCUT2D eigenvalue weighted by Crippen LogP contribution is 2.38. The molecule has 1 heterocycles. The molecule has 0 atom stereocenters. The van der Waals surface area contributed by atoms with Gasteiger partial charge in [0.15, 0.2) is 0 Å². The first-order valence-corrected chi connectivity index (χ1v) is 6.08. The zero-order chi connectivity index (χ0) is 12.8. The van der Waals surface area contributed by atoms with E-state index in [0.717, 1.165) is 17.9 Å². The molecule has 1 aliphatic rings. The van der Waals surface area contributed by atoms with Crippen molar-refractivity contribution >= 4 is 17.3 Å². The van der Waals surface area contributed by atoms with Gasteiger partial charge in [0.05, 0.1) is 11.4 Å². The zero-order valence-corrected chi connectivity index (χ0v) is 11.2. The van der Waals surface area contributed by atoms with Crippen LogP contribution < -0.4 is 10.2 Å².